The SMILES string of the molecule is CC1(C)C(=O)CC2=Nc3ccc(O)cc3CN21. The van der Waals surface area contributed by atoms with Gasteiger partial charge in [0.05, 0.1) is 17.6 Å². The van der Waals surface area contributed by atoms with Crippen LogP contribution in [0, 0.1) is 0 Å². The lowest BCUT2D eigenvalue weighted by atomic mass is 10.00. The summed E-state index contributed by atoms with van der Waals surface area (Å²) in [4.78, 5) is 18.4. The lowest BCUT2D eigenvalue weighted by molar-refractivity contribution is -0.123. The zero-order chi connectivity index (χ0) is 12.2. The first-order valence-corrected chi connectivity index (χ1v) is 5.69. The molecule has 0 atom stereocenters. The van der Waals surface area contributed by atoms with Crippen molar-refractivity contribution in [3.63, 3.8) is 0 Å². The molecule has 88 valence electrons. The molecule has 2 heterocycles. The van der Waals surface area contributed by atoms with E-state index in [1.54, 1.807) is 18.2 Å². The number of aromatic hydroxyl groups is 1. The highest BCUT2D eigenvalue weighted by molar-refractivity contribution is 6.13. The fourth-order valence-corrected chi connectivity index (χ4v) is 2.43. The van der Waals surface area contributed by atoms with E-state index in [0.29, 0.717) is 13.0 Å². The second-order valence-corrected chi connectivity index (χ2v) is 5.09. The fourth-order valence-electron chi connectivity index (χ4n) is 2.43. The topological polar surface area (TPSA) is 52.9 Å². The standard InChI is InChI=1S/C13H14N2O2/c1-13(2)11(17)6-12-14-10-4-3-9(16)5-8(10)7-15(12)13/h3-5,16H,6-7H2,1-2H3. The molecule has 1 N–H and O–H groups in total. The Morgan fingerprint density at radius 3 is 2.94 bits per heavy atom. The Labute approximate surface area is 99.6 Å². The van der Waals surface area contributed by atoms with Crippen molar-refractivity contribution >= 4 is 17.3 Å². The first kappa shape index (κ1) is 10.3. The van der Waals surface area contributed by atoms with E-state index in [0.717, 1.165) is 17.1 Å². The zero-order valence-electron chi connectivity index (χ0n) is 9.90. The van der Waals surface area contributed by atoms with Gasteiger partial charge in [-0.25, -0.2) is 4.99 Å². The molecule has 0 amide bonds. The van der Waals surface area contributed by atoms with Gasteiger partial charge in [-0.15, -0.1) is 0 Å². The summed E-state index contributed by atoms with van der Waals surface area (Å²) >= 11 is 0. The normalized spacial score (nSPS) is 20.9. The van der Waals surface area contributed by atoms with Crippen LogP contribution in [0.15, 0.2) is 23.2 Å². The van der Waals surface area contributed by atoms with Crippen LogP contribution in [0.2, 0.25) is 0 Å². The van der Waals surface area contributed by atoms with Crippen LogP contribution in [0.4, 0.5) is 5.69 Å². The summed E-state index contributed by atoms with van der Waals surface area (Å²) in [5.41, 5.74) is 1.35. The van der Waals surface area contributed by atoms with E-state index in [2.05, 4.69) is 4.99 Å². The molecule has 17 heavy (non-hydrogen) atoms. The van der Waals surface area contributed by atoms with Gasteiger partial charge in [0.2, 0.25) is 0 Å². The molecule has 4 nitrogen and oxygen atoms in total. The summed E-state index contributed by atoms with van der Waals surface area (Å²) < 4.78 is 0. The number of hydrogen-bond donors (Lipinski definition) is 1. The summed E-state index contributed by atoms with van der Waals surface area (Å²) in [5.74, 6) is 1.29. The number of nitrogens with zero attached hydrogens (tertiary/aromatic N) is 2. The number of fused-ring (bicyclic) bond motifs is 2. The Bertz CT molecular complexity index is 546. The van der Waals surface area contributed by atoms with Crippen molar-refractivity contribution in [2.75, 3.05) is 0 Å². The lowest BCUT2D eigenvalue weighted by Crippen LogP contribution is -2.44. The Balaban J connectivity index is 2.10. The maximum atomic E-state index is 11.9. The minimum atomic E-state index is -0.484. The van der Waals surface area contributed by atoms with Gasteiger partial charge in [-0.1, -0.05) is 0 Å². The van der Waals surface area contributed by atoms with Gasteiger partial charge in [0.25, 0.3) is 0 Å². The van der Waals surface area contributed by atoms with Crippen molar-refractivity contribution in [2.45, 2.75) is 32.4 Å². The van der Waals surface area contributed by atoms with Gasteiger partial charge in [-0.05, 0) is 32.0 Å². The van der Waals surface area contributed by atoms with Gasteiger partial charge in [-0.3, -0.25) is 4.79 Å². The summed E-state index contributed by atoms with van der Waals surface area (Å²) in [5, 5.41) is 9.48. The van der Waals surface area contributed by atoms with Crippen LogP contribution in [-0.2, 0) is 11.3 Å². The van der Waals surface area contributed by atoms with Crippen LogP contribution in [-0.4, -0.2) is 27.2 Å². The summed E-state index contributed by atoms with van der Waals surface area (Å²) in [7, 11) is 0. The highest BCUT2D eigenvalue weighted by Crippen LogP contribution is 2.37. The van der Waals surface area contributed by atoms with Gasteiger partial charge in [-0.2, -0.15) is 0 Å². The Kier molecular flexibility index (Phi) is 1.88. The Hall–Kier alpha value is -1.84. The van der Waals surface area contributed by atoms with Crippen LogP contribution in [0.1, 0.15) is 25.8 Å². The molecule has 0 saturated carbocycles. The molecule has 3 rings (SSSR count). The molecule has 0 aromatic heterocycles. The number of carbonyl (C=O) groups is 1. The monoisotopic (exact) mass is 230 g/mol. The molecule has 1 aromatic carbocycles. The van der Waals surface area contributed by atoms with Gasteiger partial charge in [0.15, 0.2) is 5.78 Å². The number of benzene rings is 1. The fraction of sp³-hybridized carbons (Fsp3) is 0.385. The molecule has 0 spiro atoms. The van der Waals surface area contributed by atoms with Crippen LogP contribution >= 0.6 is 0 Å². The molecule has 1 aromatic rings. The van der Waals surface area contributed by atoms with Crippen molar-refractivity contribution < 1.29 is 9.90 Å². The highest BCUT2D eigenvalue weighted by Gasteiger charge is 2.45. The first-order chi connectivity index (χ1) is 7.98. The predicted octanol–water partition coefficient (Wildman–Crippen LogP) is 1.99. The average Bonchev–Trinajstić information content (AvgIpc) is 2.48. The van der Waals surface area contributed by atoms with Crippen LogP contribution in [0.25, 0.3) is 0 Å². The maximum absolute atomic E-state index is 11.9. The number of carbonyl (C=O) groups excluding carboxylic acids is 1. The van der Waals surface area contributed by atoms with E-state index in [4.69, 9.17) is 0 Å². The second kappa shape index (κ2) is 3.09. The third-order valence-electron chi connectivity index (χ3n) is 3.63. The third-order valence-corrected chi connectivity index (χ3v) is 3.63. The van der Waals surface area contributed by atoms with Crippen molar-refractivity contribution in [2.24, 2.45) is 4.99 Å². The number of hydrogen-bond acceptors (Lipinski definition) is 4. The number of amidine groups is 1. The molecule has 1 fully saturated rings. The number of aliphatic imine (C=N–C) groups is 1. The van der Waals surface area contributed by atoms with E-state index in [9.17, 15) is 9.90 Å². The van der Waals surface area contributed by atoms with Crippen LogP contribution in [0.5, 0.6) is 5.75 Å². The summed E-state index contributed by atoms with van der Waals surface area (Å²) in [6.07, 6.45) is 0.410. The molecule has 0 unspecified atom stereocenters. The molecule has 2 aliphatic heterocycles. The van der Waals surface area contributed by atoms with Gasteiger partial charge >= 0.3 is 0 Å². The molecule has 0 radical (unpaired) electrons. The minimum absolute atomic E-state index is 0.202. The van der Waals surface area contributed by atoms with E-state index in [1.165, 1.54) is 0 Å². The predicted molar refractivity (Wildman–Crippen MR) is 64.4 cm³/mol. The molecular formula is C13H14N2O2. The Morgan fingerprint density at radius 1 is 1.41 bits per heavy atom. The van der Waals surface area contributed by atoms with E-state index < -0.39 is 5.54 Å². The van der Waals surface area contributed by atoms with E-state index in [1.807, 2.05) is 18.7 Å². The second-order valence-electron chi connectivity index (χ2n) is 5.09. The maximum Gasteiger partial charge on any atom is 0.165 e. The lowest BCUT2D eigenvalue weighted by Gasteiger charge is -2.34. The summed E-state index contributed by atoms with van der Waals surface area (Å²) in [6.45, 7) is 4.48. The molecule has 1 saturated heterocycles. The van der Waals surface area contributed by atoms with Crippen molar-refractivity contribution in [1.29, 1.82) is 0 Å². The molecular weight excluding hydrogens is 216 g/mol. The van der Waals surface area contributed by atoms with Gasteiger partial charge < -0.3 is 10.0 Å². The number of phenols is 1. The molecule has 0 bridgehead atoms. The van der Waals surface area contributed by atoms with Crippen molar-refractivity contribution in [1.82, 2.24) is 4.90 Å². The minimum Gasteiger partial charge on any atom is -0.508 e. The number of ketones is 1. The van der Waals surface area contributed by atoms with Gasteiger partial charge in [0, 0.05) is 12.1 Å². The average molecular weight is 230 g/mol. The smallest absolute Gasteiger partial charge is 0.165 e. The largest absolute Gasteiger partial charge is 0.508 e. The van der Waals surface area contributed by atoms with Crippen molar-refractivity contribution in [3.05, 3.63) is 23.8 Å². The summed E-state index contributed by atoms with van der Waals surface area (Å²) in [6, 6.07) is 5.14. The zero-order valence-corrected chi connectivity index (χ0v) is 9.90. The van der Waals surface area contributed by atoms with E-state index in [-0.39, 0.29) is 11.5 Å². The first-order valence-electron chi connectivity index (χ1n) is 5.69. The Morgan fingerprint density at radius 2 is 2.18 bits per heavy atom. The van der Waals surface area contributed by atoms with Gasteiger partial charge in [0.1, 0.15) is 11.6 Å². The quantitative estimate of drug-likeness (QED) is 0.741. The third kappa shape index (κ3) is 1.37. The van der Waals surface area contributed by atoms with Crippen LogP contribution < -0.4 is 0 Å². The molecule has 4 heteroatoms. The van der Waals surface area contributed by atoms with E-state index >= 15 is 0 Å². The number of rotatable bonds is 0. The number of phenolic OH excluding ortho intramolecular Hbond substituents is 1. The number of Topliss-reactive ketones (excluding diaryl/α,β-unsaturated/α-hetero) is 1. The molecule has 0 aliphatic carbocycles. The van der Waals surface area contributed by atoms with Crippen LogP contribution in [0.3, 0.4) is 0 Å². The highest BCUT2D eigenvalue weighted by atomic mass is 16.3. The molecule has 2 aliphatic rings. The van der Waals surface area contributed by atoms with Crippen molar-refractivity contribution in [3.8, 4) is 5.75 Å².